The molecule has 0 saturated carbocycles. The fourth-order valence-corrected chi connectivity index (χ4v) is 1.10. The van der Waals surface area contributed by atoms with E-state index in [9.17, 15) is 0 Å². The normalized spacial score (nSPS) is 12.4. The average Bonchev–Trinajstić information content (AvgIpc) is 2.51. The van der Waals surface area contributed by atoms with Crippen molar-refractivity contribution in [2.24, 2.45) is 23.7 Å². The molecule has 0 radical (unpaired) electrons. The van der Waals surface area contributed by atoms with Crippen molar-refractivity contribution in [3.63, 3.8) is 0 Å². The summed E-state index contributed by atoms with van der Waals surface area (Å²) in [6, 6.07) is 0. The zero-order valence-electron chi connectivity index (χ0n) is 9.07. The number of hydrogen-bond donors (Lipinski definition) is 1. The van der Waals surface area contributed by atoms with E-state index in [0.29, 0.717) is 5.92 Å². The van der Waals surface area contributed by atoms with E-state index in [4.69, 9.17) is 5.73 Å². The summed E-state index contributed by atoms with van der Waals surface area (Å²) in [4.78, 5) is 8.49. The molecule has 4 heteroatoms. The minimum absolute atomic E-state index is 0.330. The van der Waals surface area contributed by atoms with Crippen LogP contribution in [0.4, 0.5) is 0 Å². The molecule has 2 N–H and O–H groups in total. The van der Waals surface area contributed by atoms with Gasteiger partial charge in [-0.05, 0) is 0 Å². The molecule has 0 bridgehead atoms. The number of nitrogens with zero attached hydrogens (tertiary/aromatic N) is 3. The summed E-state index contributed by atoms with van der Waals surface area (Å²) in [5.41, 5.74) is 5.72. The highest BCUT2D eigenvalue weighted by atomic mass is 15.0. The number of imidazole rings is 1. The van der Waals surface area contributed by atoms with Gasteiger partial charge in [0.1, 0.15) is 5.82 Å². The Morgan fingerprint density at radius 1 is 1.64 bits per heavy atom. The second-order valence-electron chi connectivity index (χ2n) is 3.67. The second kappa shape index (κ2) is 4.79. The first kappa shape index (κ1) is 10.8. The summed E-state index contributed by atoms with van der Waals surface area (Å²) in [5, 5.41) is 0. The molecule has 1 aromatic heterocycles. The summed E-state index contributed by atoms with van der Waals surface area (Å²) in [6.45, 7) is 4.80. The molecule has 0 aliphatic rings. The van der Waals surface area contributed by atoms with Crippen molar-refractivity contribution >= 4 is 5.84 Å². The van der Waals surface area contributed by atoms with Gasteiger partial charge in [0, 0.05) is 38.3 Å². The molecular formula is C10H18N4. The van der Waals surface area contributed by atoms with Gasteiger partial charge in [-0.2, -0.15) is 0 Å². The van der Waals surface area contributed by atoms with E-state index in [-0.39, 0.29) is 0 Å². The highest BCUT2D eigenvalue weighted by Gasteiger charge is 2.00. The molecule has 0 saturated heterocycles. The molecule has 0 spiro atoms. The van der Waals surface area contributed by atoms with Crippen molar-refractivity contribution in [3.05, 3.63) is 18.2 Å². The monoisotopic (exact) mass is 194 g/mol. The van der Waals surface area contributed by atoms with E-state index < -0.39 is 0 Å². The van der Waals surface area contributed by atoms with Crippen LogP contribution in [0.2, 0.25) is 0 Å². The van der Waals surface area contributed by atoms with Crippen molar-refractivity contribution in [1.29, 1.82) is 0 Å². The highest BCUT2D eigenvalue weighted by Crippen LogP contribution is 1.97. The molecule has 0 aromatic carbocycles. The van der Waals surface area contributed by atoms with E-state index in [1.54, 1.807) is 6.20 Å². The number of rotatable bonds is 4. The molecule has 0 aliphatic carbocycles. The lowest BCUT2D eigenvalue weighted by Gasteiger charge is -2.03. The van der Waals surface area contributed by atoms with Crippen molar-refractivity contribution in [2.75, 3.05) is 6.54 Å². The van der Waals surface area contributed by atoms with Crippen LogP contribution in [-0.4, -0.2) is 21.9 Å². The predicted octanol–water partition coefficient (Wildman–Crippen LogP) is 0.976. The Labute approximate surface area is 84.9 Å². The molecular weight excluding hydrogens is 176 g/mol. The maximum absolute atomic E-state index is 5.72. The summed E-state index contributed by atoms with van der Waals surface area (Å²) in [5.74, 6) is 2.10. The lowest BCUT2D eigenvalue weighted by Crippen LogP contribution is -2.19. The van der Waals surface area contributed by atoms with Crippen LogP contribution in [-0.2, 0) is 13.5 Å². The minimum atomic E-state index is 0.330. The minimum Gasteiger partial charge on any atom is -0.387 e. The molecule has 14 heavy (non-hydrogen) atoms. The number of hydrogen-bond acceptors (Lipinski definition) is 2. The van der Waals surface area contributed by atoms with Crippen molar-refractivity contribution in [3.8, 4) is 0 Å². The molecule has 0 atom stereocenters. The SMILES string of the molecule is CC(C)C(N)=NCCc1nccn1C. The molecule has 1 heterocycles. The van der Waals surface area contributed by atoms with Gasteiger partial charge in [-0.1, -0.05) is 13.8 Å². The maximum atomic E-state index is 5.72. The van der Waals surface area contributed by atoms with Crippen LogP contribution < -0.4 is 5.73 Å². The van der Waals surface area contributed by atoms with Gasteiger partial charge in [0.15, 0.2) is 0 Å². The fraction of sp³-hybridized carbons (Fsp3) is 0.600. The predicted molar refractivity (Wildman–Crippen MR) is 58.2 cm³/mol. The number of aromatic nitrogens is 2. The quantitative estimate of drug-likeness (QED) is 0.573. The Morgan fingerprint density at radius 2 is 2.36 bits per heavy atom. The fourth-order valence-electron chi connectivity index (χ4n) is 1.10. The topological polar surface area (TPSA) is 56.2 Å². The maximum Gasteiger partial charge on any atom is 0.110 e. The standard InChI is InChI=1S/C10H18N4/c1-8(2)10(11)13-5-4-9-12-6-7-14(9)3/h6-8H,4-5H2,1-3H3,(H2,11,13). The van der Waals surface area contributed by atoms with Crippen molar-refractivity contribution < 1.29 is 0 Å². The summed E-state index contributed by atoms with van der Waals surface area (Å²) in [6.07, 6.45) is 4.58. The van der Waals surface area contributed by atoms with Gasteiger partial charge >= 0.3 is 0 Å². The molecule has 1 aromatic rings. The smallest absolute Gasteiger partial charge is 0.110 e. The van der Waals surface area contributed by atoms with E-state index in [1.807, 2.05) is 31.7 Å². The van der Waals surface area contributed by atoms with Crippen LogP contribution in [0.5, 0.6) is 0 Å². The lowest BCUT2D eigenvalue weighted by atomic mass is 10.2. The van der Waals surface area contributed by atoms with Crippen LogP contribution in [0.25, 0.3) is 0 Å². The van der Waals surface area contributed by atoms with Gasteiger partial charge in [-0.15, -0.1) is 0 Å². The van der Waals surface area contributed by atoms with Crippen LogP contribution in [0.15, 0.2) is 17.4 Å². The van der Waals surface area contributed by atoms with E-state index >= 15 is 0 Å². The van der Waals surface area contributed by atoms with Gasteiger partial charge in [0.2, 0.25) is 0 Å². The first-order valence-corrected chi connectivity index (χ1v) is 4.87. The first-order chi connectivity index (χ1) is 6.61. The Balaban J connectivity index is 2.43. The van der Waals surface area contributed by atoms with E-state index in [0.717, 1.165) is 24.6 Å². The van der Waals surface area contributed by atoms with Gasteiger partial charge in [0.05, 0.1) is 5.84 Å². The first-order valence-electron chi connectivity index (χ1n) is 4.87. The summed E-state index contributed by atoms with van der Waals surface area (Å²) in [7, 11) is 1.98. The summed E-state index contributed by atoms with van der Waals surface area (Å²) < 4.78 is 2.00. The van der Waals surface area contributed by atoms with Crippen molar-refractivity contribution in [1.82, 2.24) is 9.55 Å². The molecule has 0 aliphatic heterocycles. The van der Waals surface area contributed by atoms with Crippen molar-refractivity contribution in [2.45, 2.75) is 20.3 Å². The third-order valence-corrected chi connectivity index (χ3v) is 2.14. The molecule has 78 valence electrons. The van der Waals surface area contributed by atoms with Gasteiger partial charge in [0.25, 0.3) is 0 Å². The zero-order chi connectivity index (χ0) is 10.6. The third kappa shape index (κ3) is 2.87. The number of aliphatic imine (C=N–C) groups is 1. The van der Waals surface area contributed by atoms with E-state index in [1.165, 1.54) is 0 Å². The Hall–Kier alpha value is -1.32. The number of nitrogens with two attached hydrogens (primary N) is 1. The average molecular weight is 194 g/mol. The zero-order valence-corrected chi connectivity index (χ0v) is 9.07. The van der Waals surface area contributed by atoms with Crippen LogP contribution >= 0.6 is 0 Å². The van der Waals surface area contributed by atoms with Gasteiger partial charge < -0.3 is 10.3 Å². The molecule has 0 fully saturated rings. The van der Waals surface area contributed by atoms with Crippen LogP contribution in [0.1, 0.15) is 19.7 Å². The number of amidine groups is 1. The molecule has 1 rings (SSSR count). The largest absolute Gasteiger partial charge is 0.387 e. The van der Waals surface area contributed by atoms with Crippen LogP contribution in [0, 0.1) is 5.92 Å². The molecule has 4 nitrogen and oxygen atoms in total. The lowest BCUT2D eigenvalue weighted by molar-refractivity contribution is 0.770. The molecule has 0 unspecified atom stereocenters. The highest BCUT2D eigenvalue weighted by molar-refractivity contribution is 5.82. The Bertz CT molecular complexity index is 312. The second-order valence-corrected chi connectivity index (χ2v) is 3.67. The Morgan fingerprint density at radius 3 is 2.86 bits per heavy atom. The van der Waals surface area contributed by atoms with Gasteiger partial charge in [-0.3, -0.25) is 4.99 Å². The number of aryl methyl sites for hydroxylation is 1. The van der Waals surface area contributed by atoms with E-state index in [2.05, 4.69) is 9.98 Å². The molecule has 0 amide bonds. The van der Waals surface area contributed by atoms with Crippen LogP contribution in [0.3, 0.4) is 0 Å². The Kier molecular flexibility index (Phi) is 3.68. The third-order valence-electron chi connectivity index (χ3n) is 2.14. The van der Waals surface area contributed by atoms with Gasteiger partial charge in [-0.25, -0.2) is 4.98 Å². The summed E-state index contributed by atoms with van der Waals surface area (Å²) >= 11 is 0.